The average molecular weight is 491 g/mol. The van der Waals surface area contributed by atoms with Crippen molar-refractivity contribution in [1.82, 2.24) is 20.3 Å². The molecule has 0 saturated carbocycles. The van der Waals surface area contributed by atoms with Crippen LogP contribution in [-0.4, -0.2) is 78.2 Å². The monoisotopic (exact) mass is 490 g/mol. The number of methoxy groups -OCH3 is 1. The Morgan fingerprint density at radius 2 is 1.94 bits per heavy atom. The van der Waals surface area contributed by atoms with Crippen molar-refractivity contribution in [3.8, 4) is 5.75 Å². The Balaban J connectivity index is 1.27. The smallest absolute Gasteiger partial charge is 0.268 e. The Hall–Kier alpha value is -3.41. The largest absolute Gasteiger partial charge is 0.479 e. The van der Waals surface area contributed by atoms with Crippen molar-refractivity contribution < 1.29 is 27.8 Å². The fourth-order valence-corrected chi connectivity index (χ4v) is 3.91. The van der Waals surface area contributed by atoms with Crippen molar-refractivity contribution in [2.75, 3.05) is 43.2 Å². The number of rotatable bonds is 10. The average Bonchev–Trinajstić information content (AvgIpc) is 3.15. The molecular formula is C23H28F2N6O4. The zero-order valence-corrected chi connectivity index (χ0v) is 19.6. The van der Waals surface area contributed by atoms with Crippen molar-refractivity contribution in [3.63, 3.8) is 0 Å². The van der Waals surface area contributed by atoms with E-state index in [1.54, 1.807) is 29.4 Å². The Morgan fingerprint density at radius 3 is 2.57 bits per heavy atom. The minimum Gasteiger partial charge on any atom is -0.479 e. The van der Waals surface area contributed by atoms with Gasteiger partial charge in [-0.2, -0.15) is 0 Å². The van der Waals surface area contributed by atoms with E-state index in [1.165, 1.54) is 13.3 Å². The Labute approximate surface area is 201 Å². The minimum absolute atomic E-state index is 0.0233. The molecule has 10 nitrogen and oxygen atoms in total. The van der Waals surface area contributed by atoms with Gasteiger partial charge in [-0.1, -0.05) is 0 Å². The van der Waals surface area contributed by atoms with Gasteiger partial charge in [-0.05, 0) is 25.5 Å². The number of aryl methyl sites for hydroxylation is 1. The molecule has 0 spiro atoms. The molecule has 2 aliphatic heterocycles. The van der Waals surface area contributed by atoms with Crippen LogP contribution in [0.1, 0.15) is 25.5 Å². The highest BCUT2D eigenvalue weighted by Gasteiger charge is 2.35. The van der Waals surface area contributed by atoms with Gasteiger partial charge in [-0.15, -0.1) is 0 Å². The molecule has 2 saturated heterocycles. The minimum atomic E-state index is -2.74. The second-order valence-corrected chi connectivity index (χ2v) is 8.78. The van der Waals surface area contributed by atoms with E-state index in [9.17, 15) is 18.4 Å². The maximum absolute atomic E-state index is 13.0. The summed E-state index contributed by atoms with van der Waals surface area (Å²) in [7, 11) is 1.47. The number of carbonyl (C=O) groups is 2. The van der Waals surface area contributed by atoms with Gasteiger partial charge >= 0.3 is 0 Å². The molecule has 0 radical (unpaired) electrons. The highest BCUT2D eigenvalue weighted by Crippen LogP contribution is 2.26. The molecule has 1 atom stereocenters. The summed E-state index contributed by atoms with van der Waals surface area (Å²) in [4.78, 5) is 40.8. The summed E-state index contributed by atoms with van der Waals surface area (Å²) >= 11 is 0. The molecule has 12 heteroatoms. The molecule has 188 valence electrons. The van der Waals surface area contributed by atoms with Crippen molar-refractivity contribution in [2.45, 2.75) is 44.3 Å². The number of amides is 2. The zero-order valence-electron chi connectivity index (χ0n) is 19.6. The summed E-state index contributed by atoms with van der Waals surface area (Å²) in [6, 6.07) is 3.30. The first-order valence-electron chi connectivity index (χ1n) is 11.4. The lowest BCUT2D eigenvalue weighted by Crippen LogP contribution is -2.60. The van der Waals surface area contributed by atoms with Crippen LogP contribution in [0.2, 0.25) is 0 Å². The molecule has 2 aromatic rings. The maximum atomic E-state index is 13.0. The number of anilines is 2. The molecule has 35 heavy (non-hydrogen) atoms. The first-order valence-corrected chi connectivity index (χ1v) is 11.4. The molecule has 0 aliphatic carbocycles. The van der Waals surface area contributed by atoms with Crippen molar-refractivity contribution in [1.29, 1.82) is 0 Å². The third kappa shape index (κ3) is 6.38. The molecule has 2 amide bonds. The lowest BCUT2D eigenvalue weighted by molar-refractivity contribution is -0.125. The predicted octanol–water partition coefficient (Wildman–Crippen LogP) is 1.59. The number of hydrogen-bond donors (Lipinski definition) is 1. The van der Waals surface area contributed by atoms with E-state index < -0.39 is 12.0 Å². The second-order valence-electron chi connectivity index (χ2n) is 8.78. The molecule has 0 aromatic carbocycles. The van der Waals surface area contributed by atoms with E-state index in [-0.39, 0.29) is 37.3 Å². The fourth-order valence-electron chi connectivity index (χ4n) is 3.91. The van der Waals surface area contributed by atoms with Gasteiger partial charge in [0.2, 0.25) is 17.8 Å². The molecule has 2 fully saturated rings. The fraction of sp³-hybridized carbons (Fsp3) is 0.522. The summed E-state index contributed by atoms with van der Waals surface area (Å²) in [5.74, 6) is -2.17. The van der Waals surface area contributed by atoms with Crippen LogP contribution in [0.25, 0.3) is 0 Å². The van der Waals surface area contributed by atoms with E-state index in [0.29, 0.717) is 49.1 Å². The molecule has 1 N–H and O–H groups in total. The van der Waals surface area contributed by atoms with Crippen LogP contribution in [0.5, 0.6) is 5.75 Å². The van der Waals surface area contributed by atoms with Gasteiger partial charge < -0.3 is 24.6 Å². The molecular weight excluding hydrogens is 462 g/mol. The quantitative estimate of drug-likeness (QED) is 0.535. The van der Waals surface area contributed by atoms with Crippen molar-refractivity contribution in [2.24, 2.45) is 0 Å². The first-order chi connectivity index (χ1) is 16.7. The van der Waals surface area contributed by atoms with Gasteiger partial charge in [0.25, 0.3) is 5.91 Å². The van der Waals surface area contributed by atoms with E-state index in [0.717, 1.165) is 6.92 Å². The first kappa shape index (κ1) is 24.7. The van der Waals surface area contributed by atoms with Gasteiger partial charge in [-0.25, -0.2) is 18.7 Å². The van der Waals surface area contributed by atoms with Crippen molar-refractivity contribution >= 4 is 23.5 Å². The normalized spacial score (nSPS) is 18.5. The number of aromatic nitrogens is 3. The summed E-state index contributed by atoms with van der Waals surface area (Å²) in [6.07, 6.45) is 4.35. The molecule has 2 aliphatic rings. The summed E-state index contributed by atoms with van der Waals surface area (Å²) in [5.41, 5.74) is 1.12. The lowest BCUT2D eigenvalue weighted by Gasteiger charge is -2.39. The lowest BCUT2D eigenvalue weighted by atomic mass is 10.1. The summed E-state index contributed by atoms with van der Waals surface area (Å²) in [5, 5.41) is 2.86. The van der Waals surface area contributed by atoms with Gasteiger partial charge in [0.15, 0.2) is 6.10 Å². The highest BCUT2D eigenvalue weighted by atomic mass is 19.3. The van der Waals surface area contributed by atoms with E-state index in [2.05, 4.69) is 20.3 Å². The SMILES string of the molecule is COCC(=O)NC1CN(c2ncc(N3CC[C@@H](Oc4ccc(CCC(C)(F)F)nc4)C3=O)cn2)C1. The predicted molar refractivity (Wildman–Crippen MR) is 123 cm³/mol. The highest BCUT2D eigenvalue weighted by molar-refractivity contribution is 5.98. The summed E-state index contributed by atoms with van der Waals surface area (Å²) < 4.78 is 36.6. The van der Waals surface area contributed by atoms with Gasteiger partial charge in [0.1, 0.15) is 12.4 Å². The maximum Gasteiger partial charge on any atom is 0.268 e. The van der Waals surface area contributed by atoms with E-state index in [4.69, 9.17) is 9.47 Å². The number of nitrogens with zero attached hydrogens (tertiary/aromatic N) is 5. The van der Waals surface area contributed by atoms with Crippen LogP contribution in [0.15, 0.2) is 30.7 Å². The zero-order chi connectivity index (χ0) is 25.0. The number of pyridine rings is 1. The van der Waals surface area contributed by atoms with Crippen LogP contribution < -0.4 is 19.9 Å². The second kappa shape index (κ2) is 10.5. The van der Waals surface area contributed by atoms with Gasteiger partial charge in [0.05, 0.1) is 30.3 Å². The van der Waals surface area contributed by atoms with Crippen LogP contribution in [0, 0.1) is 0 Å². The molecule has 4 rings (SSSR count). The third-order valence-electron chi connectivity index (χ3n) is 5.79. The molecule has 0 bridgehead atoms. The third-order valence-corrected chi connectivity index (χ3v) is 5.79. The van der Waals surface area contributed by atoms with Gasteiger partial charge in [0, 0.05) is 45.3 Å². The number of halogens is 2. The number of nitrogens with one attached hydrogen (secondary N) is 1. The van der Waals surface area contributed by atoms with Crippen LogP contribution in [0.3, 0.4) is 0 Å². The number of carbonyl (C=O) groups excluding carboxylic acids is 2. The Bertz CT molecular complexity index is 1030. The van der Waals surface area contributed by atoms with Crippen LogP contribution in [0.4, 0.5) is 20.4 Å². The molecule has 2 aromatic heterocycles. The number of hydrogen-bond acceptors (Lipinski definition) is 8. The summed E-state index contributed by atoms with van der Waals surface area (Å²) in [6.45, 7) is 2.56. The Kier molecular flexibility index (Phi) is 7.39. The standard InChI is InChI=1S/C23H28F2N6O4/c1-23(24,25)7-5-15-3-4-18(11-26-15)35-19-6-8-31(21(19)33)17-9-27-22(28-10-17)30-12-16(13-30)29-20(32)14-34-2/h3-4,9-11,16,19H,5-8,12-14H2,1-2H3,(H,29,32)/t19-/m1/s1. The molecule has 0 unspecified atom stereocenters. The van der Waals surface area contributed by atoms with Crippen molar-refractivity contribution in [3.05, 3.63) is 36.4 Å². The van der Waals surface area contributed by atoms with Gasteiger partial charge in [-0.3, -0.25) is 14.6 Å². The van der Waals surface area contributed by atoms with Crippen LogP contribution >= 0.6 is 0 Å². The molecule has 4 heterocycles. The number of ether oxygens (including phenoxy) is 2. The van der Waals surface area contributed by atoms with Crippen LogP contribution in [-0.2, 0) is 20.7 Å². The van der Waals surface area contributed by atoms with E-state index in [1.807, 2.05) is 4.90 Å². The van der Waals surface area contributed by atoms with E-state index >= 15 is 0 Å². The Morgan fingerprint density at radius 1 is 1.20 bits per heavy atom. The number of alkyl halides is 2. The topological polar surface area (TPSA) is 110 Å².